The molecule has 1 rings (SSSR count). The van der Waals surface area contributed by atoms with Crippen molar-refractivity contribution in [3.8, 4) is 0 Å². The largest absolute Gasteiger partial charge is 0.361 e. The van der Waals surface area contributed by atoms with Gasteiger partial charge in [0.2, 0.25) is 0 Å². The van der Waals surface area contributed by atoms with Crippen LogP contribution in [-0.4, -0.2) is 47.5 Å². The second kappa shape index (κ2) is 8.05. The predicted octanol–water partition coefficient (Wildman–Crippen LogP) is 2.82. The summed E-state index contributed by atoms with van der Waals surface area (Å²) in [4.78, 5) is 7.22. The van der Waals surface area contributed by atoms with Crippen molar-refractivity contribution in [2.75, 3.05) is 25.4 Å². The van der Waals surface area contributed by atoms with Crippen LogP contribution in [0.25, 0.3) is 0 Å². The smallest absolute Gasteiger partial charge is 0.157 e. The minimum atomic E-state index is 0.481. The highest BCUT2D eigenvalue weighted by atomic mass is 32.2. The van der Waals surface area contributed by atoms with Crippen molar-refractivity contribution in [1.82, 2.24) is 10.2 Å². The molecule has 2 atom stereocenters. The Morgan fingerprint density at radius 2 is 2.00 bits per heavy atom. The molecule has 1 N–H and O–H groups in total. The number of nitrogens with one attached hydrogen (secondary N) is 1. The monoisotopic (exact) mass is 271 g/mol. The van der Waals surface area contributed by atoms with Gasteiger partial charge < -0.3 is 10.2 Å². The van der Waals surface area contributed by atoms with Crippen molar-refractivity contribution < 1.29 is 0 Å². The highest BCUT2D eigenvalue weighted by Gasteiger charge is 2.20. The molecule has 0 spiro atoms. The highest BCUT2D eigenvalue weighted by molar-refractivity contribution is 8.14. The quantitative estimate of drug-likeness (QED) is 0.771. The van der Waals surface area contributed by atoms with Crippen LogP contribution in [0.5, 0.6) is 0 Å². The molecule has 106 valence electrons. The number of aliphatic imine (C=N–C) groups is 1. The van der Waals surface area contributed by atoms with Crippen LogP contribution in [0, 0.1) is 5.92 Å². The van der Waals surface area contributed by atoms with E-state index in [1.54, 1.807) is 0 Å². The lowest BCUT2D eigenvalue weighted by molar-refractivity contribution is 0.282. The van der Waals surface area contributed by atoms with Gasteiger partial charge in [-0.25, -0.2) is 0 Å². The maximum atomic E-state index is 4.78. The molecular weight excluding hydrogens is 242 g/mol. The summed E-state index contributed by atoms with van der Waals surface area (Å²) < 4.78 is 0. The summed E-state index contributed by atoms with van der Waals surface area (Å²) in [6.45, 7) is 14.6. The standard InChI is InChI=1S/C14H29N3S/c1-6-17(7-2)9-12(5)15-14-16-13(10-18-14)8-11(3)4/h11-13H,6-10H2,1-5H3,(H,15,16). The molecule has 0 aromatic rings. The minimum Gasteiger partial charge on any atom is -0.361 e. The normalized spacial score (nSPS) is 21.5. The summed E-state index contributed by atoms with van der Waals surface area (Å²) in [5, 5.41) is 4.71. The Balaban J connectivity index is 2.34. The van der Waals surface area contributed by atoms with E-state index < -0.39 is 0 Å². The number of hydrogen-bond acceptors (Lipinski definition) is 4. The molecule has 1 heterocycles. The van der Waals surface area contributed by atoms with Gasteiger partial charge in [-0.3, -0.25) is 4.99 Å². The van der Waals surface area contributed by atoms with Crippen LogP contribution in [0.3, 0.4) is 0 Å². The third-order valence-corrected chi connectivity index (χ3v) is 4.30. The predicted molar refractivity (Wildman–Crippen MR) is 83.5 cm³/mol. The van der Waals surface area contributed by atoms with Crippen molar-refractivity contribution in [3.05, 3.63) is 0 Å². The Hall–Kier alpha value is -0.220. The summed E-state index contributed by atoms with van der Waals surface area (Å²) in [5.41, 5.74) is 0. The summed E-state index contributed by atoms with van der Waals surface area (Å²) in [7, 11) is 0. The fraction of sp³-hybridized carbons (Fsp3) is 0.929. The van der Waals surface area contributed by atoms with Crippen LogP contribution < -0.4 is 5.32 Å². The van der Waals surface area contributed by atoms with Gasteiger partial charge in [-0.05, 0) is 32.4 Å². The van der Waals surface area contributed by atoms with Crippen molar-refractivity contribution >= 4 is 16.9 Å². The van der Waals surface area contributed by atoms with Crippen LogP contribution >= 0.6 is 11.8 Å². The van der Waals surface area contributed by atoms with Gasteiger partial charge in [-0.2, -0.15) is 0 Å². The van der Waals surface area contributed by atoms with Crippen molar-refractivity contribution in [3.63, 3.8) is 0 Å². The molecule has 0 saturated heterocycles. The van der Waals surface area contributed by atoms with E-state index in [1.807, 2.05) is 11.8 Å². The number of likely N-dealkylation sites (N-methyl/N-ethyl adjacent to an activating group) is 1. The van der Waals surface area contributed by atoms with Crippen LogP contribution in [0.1, 0.15) is 41.0 Å². The molecule has 0 fully saturated rings. The molecule has 1 aliphatic heterocycles. The summed E-state index contributed by atoms with van der Waals surface area (Å²) in [5.74, 6) is 1.89. The van der Waals surface area contributed by atoms with Gasteiger partial charge in [0, 0.05) is 18.3 Å². The molecule has 0 bridgehead atoms. The van der Waals surface area contributed by atoms with Crippen molar-refractivity contribution in [2.45, 2.75) is 53.1 Å². The lowest BCUT2D eigenvalue weighted by Crippen LogP contribution is -2.40. The summed E-state index contributed by atoms with van der Waals surface area (Å²) in [6.07, 6.45) is 1.21. The van der Waals surface area contributed by atoms with E-state index in [-0.39, 0.29) is 0 Å². The van der Waals surface area contributed by atoms with E-state index in [0.29, 0.717) is 12.1 Å². The Morgan fingerprint density at radius 1 is 1.33 bits per heavy atom. The number of rotatable bonds is 7. The molecule has 0 saturated carbocycles. The third kappa shape index (κ3) is 5.61. The van der Waals surface area contributed by atoms with Gasteiger partial charge in [0.1, 0.15) is 0 Å². The van der Waals surface area contributed by atoms with Gasteiger partial charge in [-0.15, -0.1) is 0 Å². The Kier molecular flexibility index (Phi) is 7.08. The number of amidine groups is 1. The fourth-order valence-electron chi connectivity index (χ4n) is 2.28. The first-order chi connectivity index (χ1) is 8.55. The van der Waals surface area contributed by atoms with Crippen molar-refractivity contribution in [1.29, 1.82) is 0 Å². The zero-order valence-corrected chi connectivity index (χ0v) is 13.4. The van der Waals surface area contributed by atoms with E-state index in [2.05, 4.69) is 44.8 Å². The SMILES string of the molecule is CCN(CC)CC(C)NC1=NC(CC(C)C)CS1. The molecule has 18 heavy (non-hydrogen) atoms. The van der Waals surface area contributed by atoms with Gasteiger partial charge >= 0.3 is 0 Å². The first kappa shape index (κ1) is 15.8. The molecule has 1 aliphatic rings. The number of thioether (sulfide) groups is 1. The molecule has 0 aromatic heterocycles. The lowest BCUT2D eigenvalue weighted by atomic mass is 10.1. The first-order valence-electron chi connectivity index (χ1n) is 7.24. The Morgan fingerprint density at radius 3 is 2.56 bits per heavy atom. The van der Waals surface area contributed by atoms with E-state index in [0.717, 1.165) is 36.5 Å². The fourth-order valence-corrected chi connectivity index (χ4v) is 3.35. The molecule has 3 nitrogen and oxygen atoms in total. The van der Waals surface area contributed by atoms with Crippen LogP contribution in [0.2, 0.25) is 0 Å². The molecular formula is C14H29N3S. The van der Waals surface area contributed by atoms with Gasteiger partial charge in [0.15, 0.2) is 5.17 Å². The molecule has 0 amide bonds. The number of nitrogens with zero attached hydrogens (tertiary/aromatic N) is 2. The summed E-state index contributed by atoms with van der Waals surface area (Å²) >= 11 is 1.88. The topological polar surface area (TPSA) is 27.6 Å². The van der Waals surface area contributed by atoms with Crippen LogP contribution in [0.4, 0.5) is 0 Å². The van der Waals surface area contributed by atoms with E-state index in [1.165, 1.54) is 6.42 Å². The molecule has 0 radical (unpaired) electrons. The molecule has 4 heteroatoms. The second-order valence-electron chi connectivity index (χ2n) is 5.56. The van der Waals surface area contributed by atoms with Crippen LogP contribution in [0.15, 0.2) is 4.99 Å². The average Bonchev–Trinajstić information content (AvgIpc) is 2.72. The zero-order chi connectivity index (χ0) is 13.5. The number of hydrogen-bond donors (Lipinski definition) is 1. The Bertz CT molecular complexity index is 262. The van der Waals surface area contributed by atoms with Crippen molar-refractivity contribution in [2.24, 2.45) is 10.9 Å². The minimum absolute atomic E-state index is 0.481. The molecule has 0 aromatic carbocycles. The maximum Gasteiger partial charge on any atom is 0.157 e. The first-order valence-corrected chi connectivity index (χ1v) is 8.23. The second-order valence-corrected chi connectivity index (χ2v) is 6.57. The van der Waals surface area contributed by atoms with Crippen LogP contribution in [-0.2, 0) is 0 Å². The van der Waals surface area contributed by atoms with E-state index in [9.17, 15) is 0 Å². The van der Waals surface area contributed by atoms with Gasteiger partial charge in [0.25, 0.3) is 0 Å². The van der Waals surface area contributed by atoms with E-state index >= 15 is 0 Å². The molecule has 2 unspecified atom stereocenters. The highest BCUT2D eigenvalue weighted by Crippen LogP contribution is 2.22. The lowest BCUT2D eigenvalue weighted by Gasteiger charge is -2.23. The van der Waals surface area contributed by atoms with E-state index in [4.69, 9.17) is 4.99 Å². The molecule has 0 aliphatic carbocycles. The Labute approximate surface area is 117 Å². The van der Waals surface area contributed by atoms with Gasteiger partial charge in [0.05, 0.1) is 6.04 Å². The average molecular weight is 271 g/mol. The maximum absolute atomic E-state index is 4.78. The van der Waals surface area contributed by atoms with Gasteiger partial charge in [-0.1, -0.05) is 39.5 Å². The zero-order valence-electron chi connectivity index (χ0n) is 12.6. The summed E-state index contributed by atoms with van der Waals surface area (Å²) in [6, 6.07) is 1.01. The third-order valence-electron chi connectivity index (χ3n) is 3.25.